The van der Waals surface area contributed by atoms with Crippen molar-refractivity contribution in [1.29, 1.82) is 0 Å². The molecule has 0 atom stereocenters. The molecule has 15 heavy (non-hydrogen) atoms. The summed E-state index contributed by atoms with van der Waals surface area (Å²) in [6, 6.07) is 7.70. The van der Waals surface area contributed by atoms with Crippen LogP contribution in [-0.4, -0.2) is 4.98 Å². The molecule has 0 aliphatic heterocycles. The summed E-state index contributed by atoms with van der Waals surface area (Å²) in [4.78, 5) is 4.34. The zero-order valence-electron chi connectivity index (χ0n) is 8.59. The molecule has 0 saturated carbocycles. The van der Waals surface area contributed by atoms with Crippen molar-refractivity contribution in [3.05, 3.63) is 40.0 Å². The highest BCUT2D eigenvalue weighted by Crippen LogP contribution is 2.30. The summed E-state index contributed by atoms with van der Waals surface area (Å²) in [5.74, 6) is 0.413. The predicted octanol–water partition coefficient (Wildman–Crippen LogP) is 4.67. The third-order valence-corrected chi connectivity index (χ3v) is 2.92. The second-order valence-electron chi connectivity index (χ2n) is 3.82. The number of hydrogen-bond acceptors (Lipinski definition) is 1. The van der Waals surface area contributed by atoms with Crippen molar-refractivity contribution in [2.24, 2.45) is 0 Å². The van der Waals surface area contributed by atoms with E-state index in [2.05, 4.69) is 24.9 Å². The molecular formula is C12H11Cl2N. The van der Waals surface area contributed by atoms with E-state index in [1.165, 1.54) is 5.56 Å². The molecule has 0 radical (unpaired) electrons. The fraction of sp³-hybridized carbons (Fsp3) is 0.250. The van der Waals surface area contributed by atoms with E-state index in [0.717, 1.165) is 10.9 Å². The Morgan fingerprint density at radius 1 is 1.20 bits per heavy atom. The number of para-hydroxylation sites is 1. The number of benzene rings is 1. The first-order valence-electron chi connectivity index (χ1n) is 4.84. The molecule has 0 saturated heterocycles. The monoisotopic (exact) mass is 239 g/mol. The smallest absolute Gasteiger partial charge is 0.131 e. The molecule has 78 valence electrons. The highest BCUT2D eigenvalue weighted by Gasteiger charge is 2.09. The van der Waals surface area contributed by atoms with Crippen LogP contribution in [0.3, 0.4) is 0 Å². The van der Waals surface area contributed by atoms with Crippen molar-refractivity contribution in [2.45, 2.75) is 19.8 Å². The zero-order chi connectivity index (χ0) is 11.0. The number of fused-ring (bicyclic) bond motifs is 1. The first kappa shape index (κ1) is 10.7. The molecule has 0 fully saturated rings. The van der Waals surface area contributed by atoms with E-state index in [-0.39, 0.29) is 0 Å². The van der Waals surface area contributed by atoms with Gasteiger partial charge in [0.1, 0.15) is 5.15 Å². The Balaban J connectivity index is 2.85. The van der Waals surface area contributed by atoms with Gasteiger partial charge in [0.15, 0.2) is 0 Å². The van der Waals surface area contributed by atoms with Gasteiger partial charge in [0.05, 0.1) is 10.5 Å². The van der Waals surface area contributed by atoms with Crippen LogP contribution in [0, 0.1) is 0 Å². The Bertz CT molecular complexity index is 506. The van der Waals surface area contributed by atoms with Crippen LogP contribution in [0.5, 0.6) is 0 Å². The van der Waals surface area contributed by atoms with Gasteiger partial charge in [-0.05, 0) is 17.5 Å². The van der Waals surface area contributed by atoms with E-state index in [0.29, 0.717) is 16.1 Å². The number of pyridine rings is 1. The fourth-order valence-corrected chi connectivity index (χ4v) is 2.17. The van der Waals surface area contributed by atoms with Gasteiger partial charge in [0, 0.05) is 5.39 Å². The maximum absolute atomic E-state index is 6.11. The molecule has 0 amide bonds. The van der Waals surface area contributed by atoms with Crippen molar-refractivity contribution in [3.8, 4) is 0 Å². The minimum absolute atomic E-state index is 0.413. The maximum atomic E-state index is 6.11. The van der Waals surface area contributed by atoms with Crippen molar-refractivity contribution < 1.29 is 0 Å². The minimum atomic E-state index is 0.413. The molecule has 3 heteroatoms. The van der Waals surface area contributed by atoms with Gasteiger partial charge in [-0.2, -0.15) is 0 Å². The van der Waals surface area contributed by atoms with E-state index in [1.54, 1.807) is 6.07 Å². The van der Waals surface area contributed by atoms with E-state index in [4.69, 9.17) is 23.2 Å². The van der Waals surface area contributed by atoms with Crippen LogP contribution in [0.1, 0.15) is 25.3 Å². The highest BCUT2D eigenvalue weighted by atomic mass is 35.5. The van der Waals surface area contributed by atoms with Gasteiger partial charge in [-0.25, -0.2) is 4.98 Å². The summed E-state index contributed by atoms with van der Waals surface area (Å²) >= 11 is 12.0. The fourth-order valence-electron chi connectivity index (χ4n) is 1.67. The Labute approximate surface area is 99.0 Å². The number of aromatic nitrogens is 1. The maximum Gasteiger partial charge on any atom is 0.131 e. The average molecular weight is 240 g/mol. The lowest BCUT2D eigenvalue weighted by Gasteiger charge is -2.09. The van der Waals surface area contributed by atoms with Gasteiger partial charge in [0.25, 0.3) is 0 Å². The normalized spacial score (nSPS) is 11.3. The average Bonchev–Trinajstić information content (AvgIpc) is 2.16. The van der Waals surface area contributed by atoms with E-state index in [9.17, 15) is 0 Å². The quantitative estimate of drug-likeness (QED) is 0.660. The molecule has 0 aliphatic rings. The number of nitrogens with zero attached hydrogens (tertiary/aromatic N) is 1. The first-order valence-corrected chi connectivity index (χ1v) is 5.60. The first-order chi connectivity index (χ1) is 7.09. The molecule has 0 spiro atoms. The molecule has 0 bridgehead atoms. The third kappa shape index (κ3) is 1.95. The summed E-state index contributed by atoms with van der Waals surface area (Å²) in [6.07, 6.45) is 0. The molecule has 0 N–H and O–H groups in total. The third-order valence-electron chi connectivity index (χ3n) is 2.41. The Kier molecular flexibility index (Phi) is 2.85. The van der Waals surface area contributed by atoms with Crippen LogP contribution in [0.2, 0.25) is 10.2 Å². The molecule has 2 aromatic rings. The molecule has 1 nitrogen and oxygen atoms in total. The molecule has 1 heterocycles. The van der Waals surface area contributed by atoms with Crippen molar-refractivity contribution in [3.63, 3.8) is 0 Å². The zero-order valence-corrected chi connectivity index (χ0v) is 10.1. The molecular weight excluding hydrogens is 229 g/mol. The SMILES string of the molecule is CC(C)c1cccc2c(Cl)cc(Cl)nc12. The molecule has 2 rings (SSSR count). The lowest BCUT2D eigenvalue weighted by molar-refractivity contribution is 0.873. The minimum Gasteiger partial charge on any atom is -0.236 e. The standard InChI is InChI=1S/C12H11Cl2N/c1-7(2)8-4-3-5-9-10(13)6-11(14)15-12(8)9/h3-7H,1-2H3. The number of rotatable bonds is 1. The Morgan fingerprint density at radius 3 is 2.60 bits per heavy atom. The van der Waals surface area contributed by atoms with Crippen LogP contribution in [-0.2, 0) is 0 Å². The van der Waals surface area contributed by atoms with Gasteiger partial charge < -0.3 is 0 Å². The van der Waals surface area contributed by atoms with Gasteiger partial charge in [0.2, 0.25) is 0 Å². The second-order valence-corrected chi connectivity index (χ2v) is 4.62. The van der Waals surface area contributed by atoms with Gasteiger partial charge in [-0.1, -0.05) is 55.2 Å². The number of hydrogen-bond donors (Lipinski definition) is 0. The van der Waals surface area contributed by atoms with E-state index < -0.39 is 0 Å². The Morgan fingerprint density at radius 2 is 1.93 bits per heavy atom. The summed E-state index contributed by atoms with van der Waals surface area (Å²) < 4.78 is 0. The molecule has 1 aromatic heterocycles. The summed E-state index contributed by atoms with van der Waals surface area (Å²) in [6.45, 7) is 4.26. The highest BCUT2D eigenvalue weighted by molar-refractivity contribution is 6.37. The van der Waals surface area contributed by atoms with Crippen LogP contribution >= 0.6 is 23.2 Å². The number of halogens is 2. The lowest BCUT2D eigenvalue weighted by Crippen LogP contribution is -1.92. The topological polar surface area (TPSA) is 12.9 Å². The summed E-state index contributed by atoms with van der Waals surface area (Å²) in [5.41, 5.74) is 2.09. The summed E-state index contributed by atoms with van der Waals surface area (Å²) in [5, 5.41) is 2.07. The lowest BCUT2D eigenvalue weighted by atomic mass is 10.00. The largest absolute Gasteiger partial charge is 0.236 e. The van der Waals surface area contributed by atoms with Crippen LogP contribution in [0.15, 0.2) is 24.3 Å². The van der Waals surface area contributed by atoms with Crippen molar-refractivity contribution in [2.75, 3.05) is 0 Å². The van der Waals surface area contributed by atoms with Gasteiger partial charge >= 0.3 is 0 Å². The van der Waals surface area contributed by atoms with Gasteiger partial charge in [-0.3, -0.25) is 0 Å². The van der Waals surface area contributed by atoms with Crippen LogP contribution in [0.25, 0.3) is 10.9 Å². The second kappa shape index (κ2) is 3.99. The van der Waals surface area contributed by atoms with Crippen molar-refractivity contribution in [1.82, 2.24) is 4.98 Å². The molecule has 0 unspecified atom stereocenters. The predicted molar refractivity (Wildman–Crippen MR) is 65.9 cm³/mol. The molecule has 1 aromatic carbocycles. The van der Waals surface area contributed by atoms with Gasteiger partial charge in [-0.15, -0.1) is 0 Å². The molecule has 0 aliphatic carbocycles. The van der Waals surface area contributed by atoms with Crippen LogP contribution in [0.4, 0.5) is 0 Å². The van der Waals surface area contributed by atoms with E-state index >= 15 is 0 Å². The van der Waals surface area contributed by atoms with Crippen molar-refractivity contribution >= 4 is 34.1 Å². The Hall–Kier alpha value is -0.790. The summed E-state index contributed by atoms with van der Waals surface area (Å²) in [7, 11) is 0. The van der Waals surface area contributed by atoms with E-state index in [1.807, 2.05) is 12.1 Å². The van der Waals surface area contributed by atoms with Crippen LogP contribution < -0.4 is 0 Å².